The Hall–Kier alpha value is -1.31. The Bertz CT molecular complexity index is 644. The number of benzene rings is 1. The van der Waals surface area contributed by atoms with Crippen LogP contribution >= 0.6 is 22.6 Å². The maximum atomic E-state index is 12.1. The zero-order chi connectivity index (χ0) is 14.9. The van der Waals surface area contributed by atoms with Gasteiger partial charge in [0.15, 0.2) is 0 Å². The lowest BCUT2D eigenvalue weighted by Gasteiger charge is -2.19. The Morgan fingerprint density at radius 1 is 1.40 bits per heavy atom. The van der Waals surface area contributed by atoms with Crippen molar-refractivity contribution in [3.05, 3.63) is 21.9 Å². The summed E-state index contributed by atoms with van der Waals surface area (Å²) in [7, 11) is 0. The topological polar surface area (TPSA) is 53.4 Å². The third kappa shape index (κ3) is 3.23. The molecule has 0 aliphatic rings. The molecule has 5 nitrogen and oxygen atoms in total. The standard InChI is InChI=1S/C14H17IN2O3/c1-5-19-9-6-7-11-10(8-9)12(15)16-17(11)13(18)20-14(2,3)4/h6-8H,5H2,1-4H3. The predicted molar refractivity (Wildman–Crippen MR) is 85.3 cm³/mol. The minimum Gasteiger partial charge on any atom is -0.494 e. The molecule has 0 saturated carbocycles. The van der Waals surface area contributed by atoms with Crippen molar-refractivity contribution in [1.82, 2.24) is 9.78 Å². The fourth-order valence-corrected chi connectivity index (χ4v) is 2.41. The molecule has 0 unspecified atom stereocenters. The average Bonchev–Trinajstić information content (AvgIpc) is 2.65. The number of hydrogen-bond acceptors (Lipinski definition) is 4. The second-order valence-corrected chi connectivity index (χ2v) is 6.32. The summed E-state index contributed by atoms with van der Waals surface area (Å²) in [5.74, 6) is 0.765. The molecule has 0 aliphatic carbocycles. The first-order valence-electron chi connectivity index (χ1n) is 6.36. The molecule has 0 radical (unpaired) electrons. The number of ether oxygens (including phenoxy) is 2. The van der Waals surface area contributed by atoms with Crippen LogP contribution in [-0.2, 0) is 4.74 Å². The lowest BCUT2D eigenvalue weighted by molar-refractivity contribution is 0.0522. The number of carbonyl (C=O) groups is 1. The molecule has 20 heavy (non-hydrogen) atoms. The summed E-state index contributed by atoms with van der Waals surface area (Å²) >= 11 is 2.10. The number of rotatable bonds is 2. The van der Waals surface area contributed by atoms with E-state index < -0.39 is 11.7 Å². The number of hydrogen-bond donors (Lipinski definition) is 0. The van der Waals surface area contributed by atoms with Gasteiger partial charge < -0.3 is 9.47 Å². The normalized spacial score (nSPS) is 11.7. The third-order valence-corrected chi connectivity index (χ3v) is 3.28. The molecule has 6 heteroatoms. The Balaban J connectivity index is 2.43. The van der Waals surface area contributed by atoms with Crippen molar-refractivity contribution in [3.63, 3.8) is 0 Å². The highest BCUT2D eigenvalue weighted by molar-refractivity contribution is 14.1. The van der Waals surface area contributed by atoms with Gasteiger partial charge in [-0.15, -0.1) is 0 Å². The van der Waals surface area contributed by atoms with Gasteiger partial charge in [-0.1, -0.05) is 0 Å². The fraction of sp³-hybridized carbons (Fsp3) is 0.429. The zero-order valence-corrected chi connectivity index (χ0v) is 14.1. The summed E-state index contributed by atoms with van der Waals surface area (Å²) in [6, 6.07) is 5.53. The van der Waals surface area contributed by atoms with Crippen molar-refractivity contribution in [2.75, 3.05) is 6.61 Å². The molecule has 1 aromatic carbocycles. The first-order chi connectivity index (χ1) is 9.31. The van der Waals surface area contributed by atoms with E-state index in [9.17, 15) is 4.79 Å². The molecule has 0 amide bonds. The van der Waals surface area contributed by atoms with Crippen molar-refractivity contribution in [2.45, 2.75) is 33.3 Å². The molecule has 0 saturated heterocycles. The number of fused-ring (bicyclic) bond motifs is 1. The van der Waals surface area contributed by atoms with Crippen LogP contribution in [0.5, 0.6) is 5.75 Å². The van der Waals surface area contributed by atoms with Gasteiger partial charge in [-0.3, -0.25) is 0 Å². The Labute approximate surface area is 131 Å². The van der Waals surface area contributed by atoms with Crippen LogP contribution in [0.3, 0.4) is 0 Å². The molecule has 108 valence electrons. The molecular formula is C14H17IN2O3. The van der Waals surface area contributed by atoms with Crippen LogP contribution in [-0.4, -0.2) is 28.1 Å². The van der Waals surface area contributed by atoms with E-state index >= 15 is 0 Å². The van der Waals surface area contributed by atoms with Crippen molar-refractivity contribution in [2.24, 2.45) is 0 Å². The summed E-state index contributed by atoms with van der Waals surface area (Å²) < 4.78 is 12.8. The number of aromatic nitrogens is 2. The van der Waals surface area contributed by atoms with Crippen LogP contribution in [0.15, 0.2) is 18.2 Å². The summed E-state index contributed by atoms with van der Waals surface area (Å²) in [6.45, 7) is 8.01. The zero-order valence-electron chi connectivity index (χ0n) is 11.9. The number of nitrogens with zero attached hydrogens (tertiary/aromatic N) is 2. The molecular weight excluding hydrogens is 371 g/mol. The van der Waals surface area contributed by atoms with Crippen molar-refractivity contribution in [1.29, 1.82) is 0 Å². The van der Waals surface area contributed by atoms with Gasteiger partial charge in [0, 0.05) is 5.39 Å². The smallest absolute Gasteiger partial charge is 0.435 e. The van der Waals surface area contributed by atoms with Crippen molar-refractivity contribution >= 4 is 39.6 Å². The third-order valence-electron chi connectivity index (χ3n) is 2.48. The summed E-state index contributed by atoms with van der Waals surface area (Å²) in [5.41, 5.74) is 0.165. The lowest BCUT2D eigenvalue weighted by atomic mass is 10.2. The highest BCUT2D eigenvalue weighted by Crippen LogP contribution is 2.26. The fourth-order valence-electron chi connectivity index (χ4n) is 1.76. The quantitative estimate of drug-likeness (QED) is 0.734. The Morgan fingerprint density at radius 2 is 2.10 bits per heavy atom. The molecule has 0 atom stereocenters. The molecule has 2 aromatic rings. The largest absolute Gasteiger partial charge is 0.494 e. The first kappa shape index (κ1) is 15.1. The van der Waals surface area contributed by atoms with Crippen LogP contribution in [0.2, 0.25) is 0 Å². The van der Waals surface area contributed by atoms with Gasteiger partial charge in [-0.2, -0.15) is 9.78 Å². The van der Waals surface area contributed by atoms with Gasteiger partial charge in [0.05, 0.1) is 12.1 Å². The minimum atomic E-state index is -0.550. The molecule has 0 spiro atoms. The second kappa shape index (κ2) is 5.59. The molecule has 0 fully saturated rings. The highest BCUT2D eigenvalue weighted by atomic mass is 127. The van der Waals surface area contributed by atoms with Gasteiger partial charge >= 0.3 is 6.09 Å². The first-order valence-corrected chi connectivity index (χ1v) is 7.44. The SMILES string of the molecule is CCOc1ccc2c(c1)c(I)nn2C(=O)OC(C)(C)C. The highest BCUT2D eigenvalue weighted by Gasteiger charge is 2.21. The van der Waals surface area contributed by atoms with E-state index in [1.165, 1.54) is 4.68 Å². The van der Waals surface area contributed by atoms with E-state index in [0.29, 0.717) is 12.1 Å². The van der Waals surface area contributed by atoms with Gasteiger partial charge in [0.25, 0.3) is 0 Å². The molecule has 0 bridgehead atoms. The predicted octanol–water partition coefficient (Wildman–Crippen LogP) is 3.82. The Kier molecular flexibility index (Phi) is 4.22. The monoisotopic (exact) mass is 388 g/mol. The maximum absolute atomic E-state index is 12.1. The van der Waals surface area contributed by atoms with Crippen LogP contribution < -0.4 is 4.74 Å². The second-order valence-electron chi connectivity index (χ2n) is 5.29. The number of carbonyl (C=O) groups excluding carboxylic acids is 1. The summed E-state index contributed by atoms with van der Waals surface area (Å²) in [5, 5.41) is 5.13. The molecule has 1 aromatic heterocycles. The van der Waals surface area contributed by atoms with Crippen LogP contribution in [0.1, 0.15) is 27.7 Å². The Morgan fingerprint density at radius 3 is 2.70 bits per heavy atom. The molecule has 0 N–H and O–H groups in total. The van der Waals surface area contributed by atoms with E-state index in [-0.39, 0.29) is 0 Å². The minimum absolute atomic E-state index is 0.477. The molecule has 1 heterocycles. The van der Waals surface area contributed by atoms with E-state index in [2.05, 4.69) is 27.7 Å². The summed E-state index contributed by atoms with van der Waals surface area (Å²) in [4.78, 5) is 12.1. The van der Waals surface area contributed by atoms with Gasteiger partial charge in [0.2, 0.25) is 0 Å². The van der Waals surface area contributed by atoms with Crippen LogP contribution in [0.25, 0.3) is 10.9 Å². The van der Waals surface area contributed by atoms with E-state index in [0.717, 1.165) is 14.8 Å². The van der Waals surface area contributed by atoms with Crippen LogP contribution in [0, 0.1) is 3.70 Å². The number of halogens is 1. The lowest BCUT2D eigenvalue weighted by Crippen LogP contribution is -2.27. The summed E-state index contributed by atoms with van der Waals surface area (Å²) in [6.07, 6.45) is -0.477. The van der Waals surface area contributed by atoms with Gasteiger partial charge in [-0.25, -0.2) is 4.79 Å². The van der Waals surface area contributed by atoms with E-state index in [4.69, 9.17) is 9.47 Å². The van der Waals surface area contributed by atoms with E-state index in [1.807, 2.05) is 45.9 Å². The molecule has 2 rings (SSSR count). The van der Waals surface area contributed by atoms with E-state index in [1.54, 1.807) is 0 Å². The van der Waals surface area contributed by atoms with Crippen molar-refractivity contribution < 1.29 is 14.3 Å². The van der Waals surface area contributed by atoms with Crippen molar-refractivity contribution in [3.8, 4) is 5.75 Å². The average molecular weight is 388 g/mol. The van der Waals surface area contributed by atoms with Crippen LogP contribution in [0.4, 0.5) is 4.79 Å². The maximum Gasteiger partial charge on any atom is 0.435 e. The molecule has 0 aliphatic heterocycles. The van der Waals surface area contributed by atoms with Gasteiger partial charge in [0.1, 0.15) is 15.1 Å². The van der Waals surface area contributed by atoms with Gasteiger partial charge in [-0.05, 0) is 68.5 Å².